The van der Waals surface area contributed by atoms with Gasteiger partial charge in [-0.1, -0.05) is 60.7 Å². The van der Waals surface area contributed by atoms with Crippen LogP contribution in [0.4, 0.5) is 32.4 Å². The van der Waals surface area contributed by atoms with E-state index in [1.165, 1.54) is 0 Å². The van der Waals surface area contributed by atoms with Gasteiger partial charge in [-0.2, -0.15) is 31.3 Å². The molecule has 2 aliphatic rings. The molecular weight excluding hydrogens is 570 g/mol. The van der Waals surface area contributed by atoms with Crippen LogP contribution in [0.5, 0.6) is 0 Å². The maximum atomic E-state index is 13.6. The molecule has 226 valence electrons. The van der Waals surface area contributed by atoms with Crippen LogP contribution in [0.2, 0.25) is 0 Å². The normalized spacial score (nSPS) is 24.0. The molecule has 4 atom stereocenters. The Hall–Kier alpha value is -3.79. The third-order valence-corrected chi connectivity index (χ3v) is 8.82. The van der Waals surface area contributed by atoms with Gasteiger partial charge in [0.2, 0.25) is 0 Å². The summed E-state index contributed by atoms with van der Waals surface area (Å²) in [6, 6.07) is 22.0. The molecule has 2 bridgehead atoms. The molecule has 1 aliphatic carbocycles. The molecule has 1 saturated heterocycles. The second kappa shape index (κ2) is 11.0. The fraction of sp³-hybridized carbons (Fsp3) is 0.364. The Kier molecular flexibility index (Phi) is 7.52. The summed E-state index contributed by atoms with van der Waals surface area (Å²) in [7, 11) is 0. The van der Waals surface area contributed by atoms with Crippen LogP contribution in [-0.2, 0) is 35.5 Å². The third-order valence-electron chi connectivity index (χ3n) is 8.82. The lowest BCUT2D eigenvalue weighted by Gasteiger charge is -2.46. The predicted octanol–water partition coefficient (Wildman–Crippen LogP) is 8.39. The Labute approximate surface area is 245 Å². The summed E-state index contributed by atoms with van der Waals surface area (Å²) < 4.78 is 93.7. The number of halogens is 6. The van der Waals surface area contributed by atoms with Gasteiger partial charge >= 0.3 is 12.4 Å². The highest BCUT2D eigenvalue weighted by Crippen LogP contribution is 2.55. The number of rotatable bonds is 7. The standard InChI is InChI=1S/C33H30F6N2O2/c1-21-18-43-30(40-21)41-20-31(24-10-6-3-7-11-24)27(16-22-8-4-2-5-9-22)28(41)12-13-29(31)42-19-23-14-25(32(34,35)36)17-26(15-23)33(37,38)39/h2-11,14-15,17-18,27-29H,12-13,16,19-20H2,1H3. The zero-order valence-corrected chi connectivity index (χ0v) is 23.3. The van der Waals surface area contributed by atoms with Crippen molar-refractivity contribution in [2.45, 2.75) is 62.7 Å². The molecule has 6 rings (SSSR count). The highest BCUT2D eigenvalue weighted by Gasteiger charge is 2.61. The van der Waals surface area contributed by atoms with Gasteiger partial charge in [0, 0.05) is 18.0 Å². The maximum absolute atomic E-state index is 13.6. The van der Waals surface area contributed by atoms with E-state index in [-0.39, 0.29) is 23.6 Å². The minimum atomic E-state index is -4.93. The first-order valence-corrected chi connectivity index (χ1v) is 14.1. The molecule has 2 heterocycles. The Morgan fingerprint density at radius 2 is 1.49 bits per heavy atom. The minimum absolute atomic E-state index is 0.00417. The van der Waals surface area contributed by atoms with E-state index in [1.54, 1.807) is 6.26 Å². The minimum Gasteiger partial charge on any atom is -0.432 e. The first-order chi connectivity index (χ1) is 20.4. The molecule has 3 aromatic carbocycles. The van der Waals surface area contributed by atoms with Crippen molar-refractivity contribution >= 4 is 6.01 Å². The van der Waals surface area contributed by atoms with Gasteiger partial charge in [0.05, 0.1) is 29.5 Å². The Bertz CT molecular complexity index is 1520. The van der Waals surface area contributed by atoms with E-state index in [1.807, 2.05) is 55.5 Å². The van der Waals surface area contributed by atoms with E-state index in [9.17, 15) is 26.3 Å². The van der Waals surface area contributed by atoms with Gasteiger partial charge < -0.3 is 14.1 Å². The Morgan fingerprint density at radius 1 is 0.860 bits per heavy atom. The summed E-state index contributed by atoms with van der Waals surface area (Å²) >= 11 is 0. The molecule has 1 aliphatic heterocycles. The zero-order valence-electron chi connectivity index (χ0n) is 23.3. The van der Waals surface area contributed by atoms with Crippen molar-refractivity contribution in [3.63, 3.8) is 0 Å². The number of fused-ring (bicyclic) bond motifs is 2. The zero-order chi connectivity index (χ0) is 30.4. The number of benzene rings is 3. The number of anilines is 1. The Balaban J connectivity index is 1.41. The highest BCUT2D eigenvalue weighted by molar-refractivity contribution is 5.45. The van der Waals surface area contributed by atoms with Gasteiger partial charge in [0.15, 0.2) is 0 Å². The van der Waals surface area contributed by atoms with E-state index in [0.717, 1.165) is 29.0 Å². The van der Waals surface area contributed by atoms with E-state index >= 15 is 0 Å². The van der Waals surface area contributed by atoms with Crippen molar-refractivity contribution in [1.29, 1.82) is 0 Å². The van der Waals surface area contributed by atoms with E-state index < -0.39 is 41.6 Å². The number of hydrogen-bond donors (Lipinski definition) is 0. The third kappa shape index (κ3) is 5.64. The molecule has 0 N–H and O–H groups in total. The molecule has 10 heteroatoms. The summed E-state index contributed by atoms with van der Waals surface area (Å²) in [4.78, 5) is 6.76. The average Bonchev–Trinajstić information content (AvgIpc) is 3.49. The van der Waals surface area contributed by atoms with Crippen LogP contribution >= 0.6 is 0 Å². The van der Waals surface area contributed by atoms with Crippen molar-refractivity contribution in [3.8, 4) is 0 Å². The lowest BCUT2D eigenvalue weighted by molar-refractivity contribution is -0.143. The van der Waals surface area contributed by atoms with Gasteiger partial charge in [-0.05, 0) is 67.0 Å². The van der Waals surface area contributed by atoms with Crippen LogP contribution in [0.1, 0.15) is 46.4 Å². The van der Waals surface area contributed by atoms with Crippen LogP contribution in [0.15, 0.2) is 89.5 Å². The second-order valence-corrected chi connectivity index (χ2v) is 11.5. The summed E-state index contributed by atoms with van der Waals surface area (Å²) in [5, 5.41) is 0. The molecule has 1 aromatic heterocycles. The monoisotopic (exact) mass is 600 g/mol. The number of aromatic nitrogens is 1. The number of aryl methyl sites for hydroxylation is 1. The molecule has 4 nitrogen and oxygen atoms in total. The molecule has 0 amide bonds. The first kappa shape index (κ1) is 29.3. The van der Waals surface area contributed by atoms with Crippen molar-refractivity contribution < 1.29 is 35.5 Å². The van der Waals surface area contributed by atoms with Gasteiger partial charge in [-0.25, -0.2) is 0 Å². The van der Waals surface area contributed by atoms with E-state index in [4.69, 9.17) is 9.15 Å². The predicted molar refractivity (Wildman–Crippen MR) is 148 cm³/mol. The topological polar surface area (TPSA) is 38.5 Å². The molecule has 0 radical (unpaired) electrons. The highest BCUT2D eigenvalue weighted by atomic mass is 19.4. The molecule has 2 fully saturated rings. The fourth-order valence-electron chi connectivity index (χ4n) is 6.99. The number of oxazole rings is 1. The summed E-state index contributed by atoms with van der Waals surface area (Å²) in [5.74, 6) is -0.00417. The summed E-state index contributed by atoms with van der Waals surface area (Å²) in [6.07, 6.45) is -6.82. The van der Waals surface area contributed by atoms with Crippen LogP contribution < -0.4 is 4.90 Å². The smallest absolute Gasteiger partial charge is 0.416 e. The SMILES string of the molecule is Cc1coc(N2CC3(c4ccccc4)C(OCc4cc(C(F)(F)F)cc(C(F)(F)F)c4)CCC2C3Cc2ccccc2)n1. The summed E-state index contributed by atoms with van der Waals surface area (Å²) in [6.45, 7) is 1.92. The number of ether oxygens (including phenoxy) is 1. The Morgan fingerprint density at radius 3 is 2.07 bits per heavy atom. The van der Waals surface area contributed by atoms with Crippen LogP contribution in [0.25, 0.3) is 0 Å². The van der Waals surface area contributed by atoms with Gasteiger partial charge in [0.25, 0.3) is 6.01 Å². The lowest BCUT2D eigenvalue weighted by Crippen LogP contribution is -2.52. The summed E-state index contributed by atoms with van der Waals surface area (Å²) in [5.41, 5.74) is -0.663. The average molecular weight is 601 g/mol. The number of alkyl halides is 6. The van der Waals surface area contributed by atoms with Gasteiger partial charge in [0.1, 0.15) is 6.26 Å². The van der Waals surface area contributed by atoms with Crippen molar-refractivity contribution in [3.05, 3.63) is 119 Å². The largest absolute Gasteiger partial charge is 0.432 e. The van der Waals surface area contributed by atoms with Gasteiger partial charge in [-0.15, -0.1) is 0 Å². The molecule has 4 aromatic rings. The first-order valence-electron chi connectivity index (χ1n) is 14.1. The van der Waals surface area contributed by atoms with E-state index in [2.05, 4.69) is 22.0 Å². The molecule has 0 spiro atoms. The van der Waals surface area contributed by atoms with Crippen LogP contribution in [0, 0.1) is 12.8 Å². The van der Waals surface area contributed by atoms with E-state index in [0.29, 0.717) is 31.8 Å². The van der Waals surface area contributed by atoms with Gasteiger partial charge in [-0.3, -0.25) is 0 Å². The number of nitrogens with zero attached hydrogens (tertiary/aromatic N) is 2. The molecule has 4 unspecified atom stereocenters. The molecular formula is C33H30F6N2O2. The number of hydrogen-bond acceptors (Lipinski definition) is 4. The maximum Gasteiger partial charge on any atom is 0.416 e. The molecule has 1 saturated carbocycles. The lowest BCUT2D eigenvalue weighted by atomic mass is 9.60. The molecule has 43 heavy (non-hydrogen) atoms. The second-order valence-electron chi connectivity index (χ2n) is 11.5. The van der Waals surface area contributed by atoms with Crippen LogP contribution in [0.3, 0.4) is 0 Å². The van der Waals surface area contributed by atoms with Crippen molar-refractivity contribution in [2.75, 3.05) is 11.4 Å². The quantitative estimate of drug-likeness (QED) is 0.200. The fourth-order valence-corrected chi connectivity index (χ4v) is 6.99. The van der Waals surface area contributed by atoms with Crippen LogP contribution in [-0.4, -0.2) is 23.7 Å². The van der Waals surface area contributed by atoms with Crippen molar-refractivity contribution in [1.82, 2.24) is 4.98 Å². The van der Waals surface area contributed by atoms with Crippen molar-refractivity contribution in [2.24, 2.45) is 5.92 Å².